The average Bonchev–Trinajstić information content (AvgIpc) is 2.36. The lowest BCUT2D eigenvalue weighted by Crippen LogP contribution is -2.46. The van der Waals surface area contributed by atoms with Crippen molar-refractivity contribution in [1.29, 1.82) is 5.26 Å². The highest BCUT2D eigenvalue weighted by molar-refractivity contribution is 5.94. The topological polar surface area (TPSA) is 65.8 Å². The fraction of sp³-hybridized carbons (Fsp3) is 0.462. The smallest absolute Gasteiger partial charge is 0.271 e. The lowest BCUT2D eigenvalue weighted by molar-refractivity contribution is 0.0909. The van der Waals surface area contributed by atoms with Crippen molar-refractivity contribution in [2.75, 3.05) is 0 Å². The van der Waals surface area contributed by atoms with Crippen LogP contribution in [0.4, 0.5) is 0 Å². The van der Waals surface area contributed by atoms with E-state index in [1.54, 1.807) is 12.3 Å². The molecule has 90 valence electrons. The van der Waals surface area contributed by atoms with Gasteiger partial charge in [-0.05, 0) is 31.4 Å². The van der Waals surface area contributed by atoms with E-state index in [9.17, 15) is 4.79 Å². The maximum Gasteiger partial charge on any atom is 0.271 e. The van der Waals surface area contributed by atoms with Crippen molar-refractivity contribution < 1.29 is 4.79 Å². The molecule has 0 radical (unpaired) electrons. The van der Waals surface area contributed by atoms with Gasteiger partial charge in [0.1, 0.15) is 11.2 Å². The molecule has 0 fully saturated rings. The van der Waals surface area contributed by atoms with Gasteiger partial charge in [0.25, 0.3) is 5.91 Å². The summed E-state index contributed by atoms with van der Waals surface area (Å²) < 4.78 is 0. The molecule has 17 heavy (non-hydrogen) atoms. The van der Waals surface area contributed by atoms with Crippen molar-refractivity contribution in [1.82, 2.24) is 10.3 Å². The fourth-order valence-corrected chi connectivity index (χ4v) is 1.61. The summed E-state index contributed by atoms with van der Waals surface area (Å²) in [4.78, 5) is 16.1. The van der Waals surface area contributed by atoms with Gasteiger partial charge in [-0.15, -0.1) is 0 Å². The van der Waals surface area contributed by atoms with Gasteiger partial charge < -0.3 is 5.32 Å². The maximum atomic E-state index is 12.0. The van der Waals surface area contributed by atoms with Gasteiger partial charge in [0, 0.05) is 6.20 Å². The fourth-order valence-electron chi connectivity index (χ4n) is 1.61. The first kappa shape index (κ1) is 13.2. The van der Waals surface area contributed by atoms with Crippen LogP contribution >= 0.6 is 0 Å². The molecule has 0 aromatic carbocycles. The molecule has 1 aromatic heterocycles. The first-order valence-electron chi connectivity index (χ1n) is 5.74. The quantitative estimate of drug-likeness (QED) is 0.863. The van der Waals surface area contributed by atoms with Crippen molar-refractivity contribution in [3.05, 3.63) is 29.6 Å². The van der Waals surface area contributed by atoms with Crippen LogP contribution in [0.3, 0.4) is 0 Å². The SMILES string of the molecule is CCC(C#N)(CC)NC(=O)c1ncccc1C. The summed E-state index contributed by atoms with van der Waals surface area (Å²) in [6.07, 6.45) is 2.74. The summed E-state index contributed by atoms with van der Waals surface area (Å²) >= 11 is 0. The van der Waals surface area contributed by atoms with Gasteiger partial charge in [-0.1, -0.05) is 19.9 Å². The van der Waals surface area contributed by atoms with Gasteiger partial charge >= 0.3 is 0 Å². The number of nitrogens with one attached hydrogen (secondary N) is 1. The predicted molar refractivity (Wildman–Crippen MR) is 65.4 cm³/mol. The summed E-state index contributed by atoms with van der Waals surface area (Å²) in [5.74, 6) is -0.284. The van der Waals surface area contributed by atoms with Crippen LogP contribution in [0.2, 0.25) is 0 Å². The summed E-state index contributed by atoms with van der Waals surface area (Å²) in [6, 6.07) is 5.78. The lowest BCUT2D eigenvalue weighted by atomic mass is 9.94. The highest BCUT2D eigenvalue weighted by atomic mass is 16.2. The number of hydrogen-bond acceptors (Lipinski definition) is 3. The molecule has 1 aromatic rings. The molecule has 0 bridgehead atoms. The standard InChI is InChI=1S/C13H17N3O/c1-4-13(5-2,9-14)16-12(17)11-10(3)7-6-8-15-11/h6-8H,4-5H2,1-3H3,(H,16,17). The Balaban J connectivity index is 2.94. The van der Waals surface area contributed by atoms with Crippen molar-refractivity contribution >= 4 is 5.91 Å². The normalized spacial score (nSPS) is 10.7. The van der Waals surface area contributed by atoms with E-state index in [4.69, 9.17) is 5.26 Å². The number of rotatable bonds is 4. The Hall–Kier alpha value is -1.89. The van der Waals surface area contributed by atoms with E-state index in [-0.39, 0.29) is 5.91 Å². The lowest BCUT2D eigenvalue weighted by Gasteiger charge is -2.24. The molecule has 1 amide bonds. The van der Waals surface area contributed by atoms with E-state index in [0.717, 1.165) is 5.56 Å². The van der Waals surface area contributed by atoms with E-state index in [2.05, 4.69) is 16.4 Å². The maximum absolute atomic E-state index is 12.0. The van der Waals surface area contributed by atoms with Crippen molar-refractivity contribution in [2.24, 2.45) is 0 Å². The van der Waals surface area contributed by atoms with Crippen LogP contribution in [0.5, 0.6) is 0 Å². The van der Waals surface area contributed by atoms with Gasteiger partial charge in [0.05, 0.1) is 6.07 Å². The number of amides is 1. The third-order valence-corrected chi connectivity index (χ3v) is 3.00. The van der Waals surface area contributed by atoms with Gasteiger partial charge in [-0.3, -0.25) is 9.78 Å². The molecular weight excluding hydrogens is 214 g/mol. The van der Waals surface area contributed by atoms with Crippen LogP contribution in [-0.2, 0) is 0 Å². The molecule has 0 saturated heterocycles. The number of pyridine rings is 1. The van der Waals surface area contributed by atoms with E-state index >= 15 is 0 Å². The summed E-state index contributed by atoms with van der Waals surface area (Å²) in [5, 5.41) is 11.9. The van der Waals surface area contributed by atoms with Gasteiger partial charge in [0.15, 0.2) is 0 Å². The third-order valence-electron chi connectivity index (χ3n) is 3.00. The first-order chi connectivity index (χ1) is 8.08. The van der Waals surface area contributed by atoms with E-state index in [1.165, 1.54) is 0 Å². The molecule has 4 heteroatoms. The number of hydrogen-bond donors (Lipinski definition) is 1. The highest BCUT2D eigenvalue weighted by Gasteiger charge is 2.28. The number of carbonyl (C=O) groups is 1. The molecule has 0 spiro atoms. The second-order valence-electron chi connectivity index (χ2n) is 4.02. The molecule has 0 atom stereocenters. The number of aromatic nitrogens is 1. The number of carbonyl (C=O) groups excluding carboxylic acids is 1. The molecule has 1 rings (SSSR count). The molecule has 0 unspecified atom stereocenters. The first-order valence-corrected chi connectivity index (χ1v) is 5.74. The van der Waals surface area contributed by atoms with Crippen LogP contribution in [0.25, 0.3) is 0 Å². The molecule has 0 saturated carbocycles. The van der Waals surface area contributed by atoms with Crippen molar-refractivity contribution in [3.63, 3.8) is 0 Å². The van der Waals surface area contributed by atoms with Gasteiger partial charge in [0.2, 0.25) is 0 Å². The zero-order valence-corrected chi connectivity index (χ0v) is 10.4. The average molecular weight is 231 g/mol. The van der Waals surface area contributed by atoms with Crippen molar-refractivity contribution in [2.45, 2.75) is 39.2 Å². The Kier molecular flexibility index (Phi) is 4.22. The van der Waals surface area contributed by atoms with E-state index < -0.39 is 5.54 Å². The zero-order valence-electron chi connectivity index (χ0n) is 10.4. The Morgan fingerprint density at radius 2 is 2.18 bits per heavy atom. The number of nitrogens with zero attached hydrogens (tertiary/aromatic N) is 2. The zero-order chi connectivity index (χ0) is 12.9. The minimum absolute atomic E-state index is 0.284. The molecule has 1 N–H and O–H groups in total. The van der Waals surface area contributed by atoms with Gasteiger partial charge in [-0.25, -0.2) is 0 Å². The van der Waals surface area contributed by atoms with Crippen LogP contribution in [0, 0.1) is 18.3 Å². The molecule has 0 aliphatic carbocycles. The van der Waals surface area contributed by atoms with E-state index in [1.807, 2.05) is 26.8 Å². The van der Waals surface area contributed by atoms with Crippen molar-refractivity contribution in [3.8, 4) is 6.07 Å². The minimum atomic E-state index is -0.791. The van der Waals surface area contributed by atoms with Crippen LogP contribution in [0.15, 0.2) is 18.3 Å². The third kappa shape index (κ3) is 2.82. The summed E-state index contributed by atoms with van der Waals surface area (Å²) in [6.45, 7) is 5.60. The monoisotopic (exact) mass is 231 g/mol. The van der Waals surface area contributed by atoms with Crippen LogP contribution < -0.4 is 5.32 Å². The second-order valence-corrected chi connectivity index (χ2v) is 4.02. The number of nitriles is 1. The predicted octanol–water partition coefficient (Wildman–Crippen LogP) is 2.20. The molecule has 4 nitrogen and oxygen atoms in total. The highest BCUT2D eigenvalue weighted by Crippen LogP contribution is 2.15. The van der Waals surface area contributed by atoms with Crippen LogP contribution in [0.1, 0.15) is 42.7 Å². The summed E-state index contributed by atoms with van der Waals surface area (Å²) in [5.41, 5.74) is 0.402. The van der Waals surface area contributed by atoms with Gasteiger partial charge in [-0.2, -0.15) is 5.26 Å². The Morgan fingerprint density at radius 3 is 2.65 bits per heavy atom. The largest absolute Gasteiger partial charge is 0.332 e. The molecule has 0 aliphatic heterocycles. The Labute approximate surface area is 102 Å². The second kappa shape index (κ2) is 5.44. The molecule has 1 heterocycles. The minimum Gasteiger partial charge on any atom is -0.332 e. The summed E-state index contributed by atoms with van der Waals surface area (Å²) in [7, 11) is 0. The molecule has 0 aliphatic rings. The molecular formula is C13H17N3O. The van der Waals surface area contributed by atoms with E-state index in [0.29, 0.717) is 18.5 Å². The number of aryl methyl sites for hydroxylation is 1. The Morgan fingerprint density at radius 1 is 1.53 bits per heavy atom. The Bertz CT molecular complexity index is 444. The van der Waals surface area contributed by atoms with Crippen LogP contribution in [-0.4, -0.2) is 16.4 Å².